The van der Waals surface area contributed by atoms with Crippen molar-refractivity contribution in [3.05, 3.63) is 48.0 Å². The van der Waals surface area contributed by atoms with Crippen LogP contribution in [0.2, 0.25) is 0 Å². The fourth-order valence-electron chi connectivity index (χ4n) is 1.70. The van der Waals surface area contributed by atoms with E-state index in [1.165, 1.54) is 19.2 Å². The first-order valence-corrected chi connectivity index (χ1v) is 5.33. The Morgan fingerprint density at radius 1 is 1.06 bits per heavy atom. The highest BCUT2D eigenvalue weighted by Gasteiger charge is 2.16. The number of carbonyl (C=O) groups is 1. The SMILES string of the molecule is COC(=O)c1cc(O)c(-c2ccccc2)cc1O. The Bertz CT molecular complexity index is 576. The maximum absolute atomic E-state index is 11.3. The fraction of sp³-hybridized carbons (Fsp3) is 0.0714. The Labute approximate surface area is 104 Å². The van der Waals surface area contributed by atoms with Gasteiger partial charge in [-0.15, -0.1) is 0 Å². The van der Waals surface area contributed by atoms with Crippen LogP contribution >= 0.6 is 0 Å². The first kappa shape index (κ1) is 12.0. The van der Waals surface area contributed by atoms with E-state index in [1.807, 2.05) is 18.2 Å². The highest BCUT2D eigenvalue weighted by atomic mass is 16.5. The van der Waals surface area contributed by atoms with Gasteiger partial charge in [-0.05, 0) is 17.7 Å². The van der Waals surface area contributed by atoms with Gasteiger partial charge in [-0.3, -0.25) is 0 Å². The lowest BCUT2D eigenvalue weighted by molar-refractivity contribution is 0.0597. The summed E-state index contributed by atoms with van der Waals surface area (Å²) in [5.74, 6) is -1.000. The first-order chi connectivity index (χ1) is 8.63. The molecule has 0 heterocycles. The number of rotatable bonds is 2. The topological polar surface area (TPSA) is 66.8 Å². The van der Waals surface area contributed by atoms with Crippen LogP contribution in [0.15, 0.2) is 42.5 Å². The van der Waals surface area contributed by atoms with Crippen molar-refractivity contribution in [3.8, 4) is 22.6 Å². The molecule has 2 rings (SSSR count). The highest BCUT2D eigenvalue weighted by Crippen LogP contribution is 2.35. The maximum Gasteiger partial charge on any atom is 0.341 e. The summed E-state index contributed by atoms with van der Waals surface area (Å²) in [6, 6.07) is 11.6. The molecule has 18 heavy (non-hydrogen) atoms. The van der Waals surface area contributed by atoms with Gasteiger partial charge in [-0.1, -0.05) is 30.3 Å². The third kappa shape index (κ3) is 2.13. The number of ether oxygens (including phenoxy) is 1. The van der Waals surface area contributed by atoms with Gasteiger partial charge in [-0.2, -0.15) is 0 Å². The number of phenols is 2. The Morgan fingerprint density at radius 2 is 1.72 bits per heavy atom. The molecule has 4 nitrogen and oxygen atoms in total. The highest BCUT2D eigenvalue weighted by molar-refractivity contribution is 5.94. The van der Waals surface area contributed by atoms with E-state index in [0.29, 0.717) is 5.56 Å². The zero-order valence-corrected chi connectivity index (χ0v) is 9.75. The van der Waals surface area contributed by atoms with Crippen LogP contribution in [0.4, 0.5) is 0 Å². The van der Waals surface area contributed by atoms with Crippen molar-refractivity contribution in [1.82, 2.24) is 0 Å². The van der Waals surface area contributed by atoms with E-state index in [4.69, 9.17) is 0 Å². The lowest BCUT2D eigenvalue weighted by Crippen LogP contribution is -2.01. The third-order valence-corrected chi connectivity index (χ3v) is 2.60. The standard InChI is InChI=1S/C14H12O4/c1-18-14(17)11-8-12(15)10(7-13(11)16)9-5-3-2-4-6-9/h2-8,15-16H,1H3. The zero-order chi connectivity index (χ0) is 13.1. The molecular formula is C14H12O4. The number of methoxy groups -OCH3 is 1. The quantitative estimate of drug-likeness (QED) is 0.629. The van der Waals surface area contributed by atoms with E-state index in [2.05, 4.69) is 4.74 Å². The van der Waals surface area contributed by atoms with Crippen molar-refractivity contribution in [2.45, 2.75) is 0 Å². The van der Waals surface area contributed by atoms with Crippen LogP contribution in [-0.2, 0) is 4.74 Å². The Kier molecular flexibility index (Phi) is 3.19. The zero-order valence-electron chi connectivity index (χ0n) is 9.75. The van der Waals surface area contributed by atoms with E-state index >= 15 is 0 Å². The lowest BCUT2D eigenvalue weighted by Gasteiger charge is -2.08. The number of phenolic OH excluding ortho intramolecular Hbond substituents is 2. The second-order valence-corrected chi connectivity index (χ2v) is 3.74. The van der Waals surface area contributed by atoms with Gasteiger partial charge in [0.25, 0.3) is 0 Å². The number of hydrogen-bond donors (Lipinski definition) is 2. The summed E-state index contributed by atoms with van der Waals surface area (Å²) in [6.07, 6.45) is 0. The summed E-state index contributed by atoms with van der Waals surface area (Å²) in [4.78, 5) is 11.3. The molecule has 0 aliphatic carbocycles. The van der Waals surface area contributed by atoms with Crippen LogP contribution in [0.3, 0.4) is 0 Å². The molecule has 0 unspecified atom stereocenters. The minimum absolute atomic E-state index is 0.0605. The van der Waals surface area contributed by atoms with E-state index in [1.54, 1.807) is 12.1 Å². The van der Waals surface area contributed by atoms with Crippen molar-refractivity contribution >= 4 is 5.97 Å². The van der Waals surface area contributed by atoms with Crippen molar-refractivity contribution in [1.29, 1.82) is 0 Å². The van der Waals surface area contributed by atoms with Gasteiger partial charge in [-0.25, -0.2) is 4.79 Å². The van der Waals surface area contributed by atoms with Crippen LogP contribution in [-0.4, -0.2) is 23.3 Å². The molecule has 0 atom stereocenters. The molecule has 0 saturated heterocycles. The molecule has 2 aromatic rings. The summed E-state index contributed by atoms with van der Waals surface area (Å²) in [6.45, 7) is 0. The summed E-state index contributed by atoms with van der Waals surface area (Å²) >= 11 is 0. The minimum Gasteiger partial charge on any atom is -0.507 e. The number of benzene rings is 2. The molecule has 0 saturated carbocycles. The summed E-state index contributed by atoms with van der Waals surface area (Å²) in [7, 11) is 1.21. The molecule has 0 aromatic heterocycles. The third-order valence-electron chi connectivity index (χ3n) is 2.60. The van der Waals surface area contributed by atoms with Crippen LogP contribution in [0.5, 0.6) is 11.5 Å². The van der Waals surface area contributed by atoms with E-state index in [9.17, 15) is 15.0 Å². The average molecular weight is 244 g/mol. The van der Waals surface area contributed by atoms with Crippen LogP contribution < -0.4 is 0 Å². The number of aromatic hydroxyl groups is 2. The van der Waals surface area contributed by atoms with E-state index in [-0.39, 0.29) is 17.1 Å². The molecule has 0 spiro atoms. The molecule has 4 heteroatoms. The van der Waals surface area contributed by atoms with Gasteiger partial charge in [0.05, 0.1) is 7.11 Å². The van der Waals surface area contributed by atoms with Crippen LogP contribution in [0, 0.1) is 0 Å². The maximum atomic E-state index is 11.3. The Balaban J connectivity index is 2.53. The predicted octanol–water partition coefficient (Wildman–Crippen LogP) is 2.55. The second kappa shape index (κ2) is 4.79. The van der Waals surface area contributed by atoms with Gasteiger partial charge >= 0.3 is 5.97 Å². The smallest absolute Gasteiger partial charge is 0.341 e. The van der Waals surface area contributed by atoms with Crippen molar-refractivity contribution in [3.63, 3.8) is 0 Å². The normalized spacial score (nSPS) is 10.1. The molecule has 0 fully saturated rings. The first-order valence-electron chi connectivity index (χ1n) is 5.33. The van der Waals surface area contributed by atoms with Gasteiger partial charge in [0.15, 0.2) is 0 Å². The fourth-order valence-corrected chi connectivity index (χ4v) is 1.70. The van der Waals surface area contributed by atoms with Gasteiger partial charge in [0.2, 0.25) is 0 Å². The van der Waals surface area contributed by atoms with Gasteiger partial charge in [0.1, 0.15) is 17.1 Å². The molecule has 0 aliphatic heterocycles. The summed E-state index contributed by atoms with van der Waals surface area (Å²) in [5.41, 5.74) is 1.15. The number of hydrogen-bond acceptors (Lipinski definition) is 4. The molecule has 0 aliphatic rings. The molecule has 2 N–H and O–H groups in total. The van der Waals surface area contributed by atoms with Crippen LogP contribution in [0.25, 0.3) is 11.1 Å². The molecule has 0 amide bonds. The molecule has 92 valence electrons. The summed E-state index contributed by atoms with van der Waals surface area (Å²) in [5, 5.41) is 19.7. The summed E-state index contributed by atoms with van der Waals surface area (Å²) < 4.78 is 4.51. The number of esters is 1. The Morgan fingerprint density at radius 3 is 2.33 bits per heavy atom. The largest absolute Gasteiger partial charge is 0.507 e. The lowest BCUT2D eigenvalue weighted by atomic mass is 10.0. The molecular weight excluding hydrogens is 232 g/mol. The number of carbonyl (C=O) groups excluding carboxylic acids is 1. The minimum atomic E-state index is -0.692. The van der Waals surface area contributed by atoms with Gasteiger partial charge < -0.3 is 14.9 Å². The second-order valence-electron chi connectivity index (χ2n) is 3.74. The van der Waals surface area contributed by atoms with E-state index in [0.717, 1.165) is 5.56 Å². The monoisotopic (exact) mass is 244 g/mol. The molecule has 0 radical (unpaired) electrons. The average Bonchev–Trinajstić information content (AvgIpc) is 2.41. The molecule has 2 aromatic carbocycles. The predicted molar refractivity (Wildman–Crippen MR) is 66.5 cm³/mol. The van der Waals surface area contributed by atoms with Crippen molar-refractivity contribution in [2.24, 2.45) is 0 Å². The van der Waals surface area contributed by atoms with Crippen molar-refractivity contribution < 1.29 is 19.7 Å². The molecule has 0 bridgehead atoms. The van der Waals surface area contributed by atoms with Crippen LogP contribution in [0.1, 0.15) is 10.4 Å². The van der Waals surface area contributed by atoms with Crippen molar-refractivity contribution in [2.75, 3.05) is 7.11 Å². The van der Waals surface area contributed by atoms with E-state index < -0.39 is 5.97 Å². The Hall–Kier alpha value is -2.49. The van der Waals surface area contributed by atoms with Gasteiger partial charge in [0, 0.05) is 5.56 Å².